The molecule has 0 unspecified atom stereocenters. The van der Waals surface area contributed by atoms with E-state index in [-0.39, 0.29) is 11.1 Å². The SMILES string of the molecule is CC[SH](N)CC. The van der Waals surface area contributed by atoms with E-state index in [4.69, 9.17) is 5.14 Å². The zero-order valence-corrected chi connectivity index (χ0v) is 5.33. The summed E-state index contributed by atoms with van der Waals surface area (Å²) in [7, 11) is 0. The van der Waals surface area contributed by atoms with E-state index in [9.17, 15) is 0 Å². The average molecular weight is 107 g/mol. The molecule has 0 saturated heterocycles. The van der Waals surface area contributed by atoms with Gasteiger partial charge in [0.15, 0.2) is 0 Å². The number of hydrogen-bond acceptors (Lipinski definition) is 1. The van der Waals surface area contributed by atoms with Crippen LogP contribution >= 0.6 is 11.1 Å². The van der Waals surface area contributed by atoms with Crippen molar-refractivity contribution in [2.45, 2.75) is 13.8 Å². The van der Waals surface area contributed by atoms with Crippen molar-refractivity contribution >= 4 is 11.1 Å². The summed E-state index contributed by atoms with van der Waals surface area (Å²) in [5.41, 5.74) is 0. The Hall–Kier alpha value is 0.310. The van der Waals surface area contributed by atoms with Crippen molar-refractivity contribution in [3.05, 3.63) is 0 Å². The van der Waals surface area contributed by atoms with Crippen molar-refractivity contribution in [1.29, 1.82) is 0 Å². The van der Waals surface area contributed by atoms with Crippen LogP contribution < -0.4 is 5.14 Å². The monoisotopic (exact) mass is 107 g/mol. The molecule has 0 radical (unpaired) electrons. The first-order chi connectivity index (χ1) is 2.81. The third-order valence-electron chi connectivity index (χ3n) is 0.812. The minimum Gasteiger partial charge on any atom is -0.297 e. The van der Waals surface area contributed by atoms with Crippen LogP contribution in [0, 0.1) is 0 Å². The maximum absolute atomic E-state index is 5.54. The highest BCUT2D eigenvalue weighted by Crippen LogP contribution is 2.09. The normalized spacial score (nSPS) is 11.5. The van der Waals surface area contributed by atoms with Crippen LogP contribution in [0.3, 0.4) is 0 Å². The molecule has 0 fully saturated rings. The van der Waals surface area contributed by atoms with Crippen LogP contribution in [0.1, 0.15) is 13.8 Å². The third kappa shape index (κ3) is 2.54. The topological polar surface area (TPSA) is 26.0 Å². The maximum atomic E-state index is 5.54. The maximum Gasteiger partial charge on any atom is -0.0167 e. The molecule has 40 valence electrons. The zero-order chi connectivity index (χ0) is 4.99. The van der Waals surface area contributed by atoms with Gasteiger partial charge in [0, 0.05) is 0 Å². The quantitative estimate of drug-likeness (QED) is 0.504. The summed E-state index contributed by atoms with van der Waals surface area (Å²) in [6, 6.07) is 0. The molecule has 2 N–H and O–H groups in total. The van der Waals surface area contributed by atoms with Crippen LogP contribution in [0.15, 0.2) is 0 Å². The first-order valence-electron chi connectivity index (χ1n) is 2.30. The lowest BCUT2D eigenvalue weighted by Gasteiger charge is -2.06. The predicted octanol–water partition coefficient (Wildman–Crippen LogP) is 0.901. The van der Waals surface area contributed by atoms with Crippen LogP contribution in [-0.4, -0.2) is 11.5 Å². The van der Waals surface area contributed by atoms with Crippen LogP contribution in [0.4, 0.5) is 0 Å². The Bertz CT molecular complexity index is 26.7. The Morgan fingerprint density at radius 3 is 1.67 bits per heavy atom. The molecule has 2 heteroatoms. The fourth-order valence-corrected chi connectivity index (χ4v) is 0.671. The molecule has 0 aromatic carbocycles. The molecule has 0 aromatic heterocycles. The molecule has 0 rings (SSSR count). The third-order valence-corrected chi connectivity index (χ3v) is 2.44. The van der Waals surface area contributed by atoms with Crippen LogP contribution in [0.25, 0.3) is 0 Å². The van der Waals surface area contributed by atoms with Crippen molar-refractivity contribution in [2.75, 3.05) is 11.5 Å². The van der Waals surface area contributed by atoms with Gasteiger partial charge in [-0.3, -0.25) is 5.14 Å². The van der Waals surface area contributed by atoms with E-state index in [0.29, 0.717) is 0 Å². The van der Waals surface area contributed by atoms with Gasteiger partial charge in [-0.15, -0.1) is 0 Å². The lowest BCUT2D eigenvalue weighted by Crippen LogP contribution is -1.96. The van der Waals surface area contributed by atoms with Crippen molar-refractivity contribution in [2.24, 2.45) is 5.14 Å². The van der Waals surface area contributed by atoms with E-state index in [0.717, 1.165) is 0 Å². The van der Waals surface area contributed by atoms with Crippen molar-refractivity contribution < 1.29 is 0 Å². The van der Waals surface area contributed by atoms with Crippen molar-refractivity contribution in [3.63, 3.8) is 0 Å². The van der Waals surface area contributed by atoms with Crippen LogP contribution in [0.2, 0.25) is 0 Å². The second-order valence-electron chi connectivity index (χ2n) is 1.22. The van der Waals surface area contributed by atoms with Gasteiger partial charge >= 0.3 is 0 Å². The molecule has 0 amide bonds. The number of nitrogens with two attached hydrogens (primary N) is 1. The summed E-state index contributed by atoms with van der Waals surface area (Å²) in [5.74, 6) is 2.34. The summed E-state index contributed by atoms with van der Waals surface area (Å²) in [6.07, 6.45) is 0. The fourth-order valence-electron chi connectivity index (χ4n) is 0.224. The molecule has 0 saturated carbocycles. The predicted molar refractivity (Wildman–Crippen MR) is 34.3 cm³/mol. The first kappa shape index (κ1) is 6.31. The lowest BCUT2D eigenvalue weighted by molar-refractivity contribution is 1.42. The van der Waals surface area contributed by atoms with E-state index in [1.165, 1.54) is 11.5 Å². The van der Waals surface area contributed by atoms with E-state index in [1.54, 1.807) is 0 Å². The Morgan fingerprint density at radius 2 is 1.67 bits per heavy atom. The summed E-state index contributed by atoms with van der Waals surface area (Å²) >= 11 is -0.0761. The first-order valence-corrected chi connectivity index (χ1v) is 4.09. The number of hydrogen-bond donors (Lipinski definition) is 2. The zero-order valence-electron chi connectivity index (χ0n) is 4.44. The second-order valence-corrected chi connectivity index (χ2v) is 3.66. The Kier molecular flexibility index (Phi) is 3.68. The molecule has 0 atom stereocenters. The molecular weight excluding hydrogens is 94.1 g/mol. The van der Waals surface area contributed by atoms with Crippen molar-refractivity contribution in [3.8, 4) is 0 Å². The van der Waals surface area contributed by atoms with Gasteiger partial charge in [-0.1, -0.05) is 13.8 Å². The van der Waals surface area contributed by atoms with Gasteiger partial charge in [-0.05, 0) is 11.5 Å². The number of rotatable bonds is 2. The minimum absolute atomic E-state index is 0.0761. The molecule has 6 heavy (non-hydrogen) atoms. The Balaban J connectivity index is 2.75. The van der Waals surface area contributed by atoms with Gasteiger partial charge < -0.3 is 0 Å². The molecule has 0 aliphatic rings. The van der Waals surface area contributed by atoms with Gasteiger partial charge in [0.2, 0.25) is 0 Å². The van der Waals surface area contributed by atoms with E-state index >= 15 is 0 Å². The largest absolute Gasteiger partial charge is 0.297 e. The Morgan fingerprint density at radius 1 is 1.33 bits per heavy atom. The molecule has 0 bridgehead atoms. The summed E-state index contributed by atoms with van der Waals surface area (Å²) in [4.78, 5) is 0. The number of thiol groups is 1. The Labute approximate surface area is 42.4 Å². The fraction of sp³-hybridized carbons (Fsp3) is 1.00. The van der Waals surface area contributed by atoms with Gasteiger partial charge in [-0.2, -0.15) is 0 Å². The van der Waals surface area contributed by atoms with Crippen LogP contribution in [-0.2, 0) is 0 Å². The summed E-state index contributed by atoms with van der Waals surface area (Å²) in [6.45, 7) is 4.27. The molecular formula is C4H13NS. The van der Waals surface area contributed by atoms with Gasteiger partial charge in [0.25, 0.3) is 0 Å². The van der Waals surface area contributed by atoms with Crippen LogP contribution in [0.5, 0.6) is 0 Å². The molecule has 0 aromatic rings. The van der Waals surface area contributed by atoms with Crippen molar-refractivity contribution in [1.82, 2.24) is 0 Å². The minimum atomic E-state index is -0.0761. The van der Waals surface area contributed by atoms with Gasteiger partial charge in [0.1, 0.15) is 0 Å². The highest BCUT2D eigenvalue weighted by Gasteiger charge is 1.82. The smallest absolute Gasteiger partial charge is 0.0167 e. The molecule has 1 nitrogen and oxygen atoms in total. The molecule has 0 aliphatic heterocycles. The van der Waals surface area contributed by atoms with E-state index in [2.05, 4.69) is 13.8 Å². The second kappa shape index (κ2) is 3.50. The van der Waals surface area contributed by atoms with Gasteiger partial charge in [0.05, 0.1) is 0 Å². The highest BCUT2D eigenvalue weighted by molar-refractivity contribution is 8.14. The highest BCUT2D eigenvalue weighted by atomic mass is 32.2. The average Bonchev–Trinajstić information content (AvgIpc) is 1.65. The molecule has 0 spiro atoms. The molecule has 0 heterocycles. The lowest BCUT2D eigenvalue weighted by atomic mass is 11.0. The standard InChI is InChI=1S/C4H13NS/c1-3-6(5)4-2/h6H,3-5H2,1-2H3. The van der Waals surface area contributed by atoms with Gasteiger partial charge in [-0.25, -0.2) is 11.1 Å². The van der Waals surface area contributed by atoms with E-state index in [1.807, 2.05) is 0 Å². The molecule has 0 aliphatic carbocycles. The summed E-state index contributed by atoms with van der Waals surface area (Å²) in [5, 5.41) is 5.54. The van der Waals surface area contributed by atoms with E-state index < -0.39 is 0 Å². The summed E-state index contributed by atoms with van der Waals surface area (Å²) < 4.78 is 0.